The minimum Gasteiger partial charge on any atom is -0.497 e. The highest BCUT2D eigenvalue weighted by Gasteiger charge is 2.16. The Morgan fingerprint density at radius 3 is 2.57 bits per heavy atom. The van der Waals surface area contributed by atoms with Gasteiger partial charge in [-0.25, -0.2) is 0 Å². The van der Waals surface area contributed by atoms with E-state index in [1.54, 1.807) is 61.8 Å². The molecule has 0 aliphatic heterocycles. The quantitative estimate of drug-likeness (QED) is 0.540. The molecule has 0 atom stereocenters. The zero-order valence-electron chi connectivity index (χ0n) is 15.2. The molecule has 0 saturated heterocycles. The Morgan fingerprint density at radius 2 is 1.93 bits per heavy atom. The summed E-state index contributed by atoms with van der Waals surface area (Å²) in [6.07, 6.45) is 2.72. The van der Waals surface area contributed by atoms with Gasteiger partial charge in [-0.1, -0.05) is 6.07 Å². The van der Waals surface area contributed by atoms with E-state index in [2.05, 4.69) is 10.3 Å². The fourth-order valence-electron chi connectivity index (χ4n) is 2.47. The van der Waals surface area contributed by atoms with Crippen LogP contribution in [0.25, 0.3) is 11.7 Å². The van der Waals surface area contributed by atoms with Crippen molar-refractivity contribution in [3.05, 3.63) is 70.2 Å². The molecule has 8 nitrogen and oxygen atoms in total. The van der Waals surface area contributed by atoms with E-state index in [0.717, 1.165) is 0 Å². The van der Waals surface area contributed by atoms with Crippen LogP contribution in [0, 0.1) is 11.3 Å². The number of hydrogen-bond donors (Lipinski definition) is 1. The van der Waals surface area contributed by atoms with Gasteiger partial charge in [-0.2, -0.15) is 10.2 Å². The summed E-state index contributed by atoms with van der Waals surface area (Å²) in [5, 5.41) is 11.6. The third-order valence-corrected chi connectivity index (χ3v) is 3.89. The van der Waals surface area contributed by atoms with Gasteiger partial charge in [0.25, 0.3) is 11.5 Å². The average molecular weight is 376 g/mol. The van der Waals surface area contributed by atoms with E-state index in [9.17, 15) is 14.9 Å². The van der Waals surface area contributed by atoms with E-state index in [1.165, 1.54) is 17.5 Å². The second-order valence-corrected chi connectivity index (χ2v) is 5.59. The summed E-state index contributed by atoms with van der Waals surface area (Å²) in [5.74, 6) is 0.431. The van der Waals surface area contributed by atoms with Crippen LogP contribution in [0.2, 0.25) is 0 Å². The molecule has 0 spiro atoms. The topological polar surface area (TPSA) is 106 Å². The maximum atomic E-state index is 12.9. The van der Waals surface area contributed by atoms with E-state index in [-0.39, 0.29) is 17.0 Å². The molecule has 1 N–H and O–H groups in total. The van der Waals surface area contributed by atoms with Crippen molar-refractivity contribution >= 4 is 17.6 Å². The van der Waals surface area contributed by atoms with Crippen LogP contribution in [0.1, 0.15) is 5.56 Å². The first-order chi connectivity index (χ1) is 13.6. The average Bonchev–Trinajstić information content (AvgIpc) is 2.73. The molecule has 0 bridgehead atoms. The predicted octanol–water partition coefficient (Wildman–Crippen LogP) is 2.15. The molecule has 0 aliphatic carbocycles. The summed E-state index contributed by atoms with van der Waals surface area (Å²) in [6, 6.07) is 13.6. The minimum absolute atomic E-state index is 0.0142. The van der Waals surface area contributed by atoms with Crippen LogP contribution in [-0.2, 0) is 4.79 Å². The van der Waals surface area contributed by atoms with E-state index in [0.29, 0.717) is 17.1 Å². The number of carbonyl (C=O) groups excluding carboxylic acids is 1. The molecular formula is C20H16N4O4. The van der Waals surface area contributed by atoms with Gasteiger partial charge in [-0.15, -0.1) is 0 Å². The zero-order valence-corrected chi connectivity index (χ0v) is 15.2. The summed E-state index contributed by atoms with van der Waals surface area (Å²) in [7, 11) is 2.94. The Kier molecular flexibility index (Phi) is 5.37. The van der Waals surface area contributed by atoms with E-state index >= 15 is 0 Å². The standard InChI is InChI=1S/C20H16N4O4/c1-22-18(25)13(12-21)11-16-19(28-15-8-6-14(27-2)7-9-15)23-17-5-3-4-10-24(17)20(16)26/h3-11H,1-2H3,(H,22,25)/b13-11+. The van der Waals surface area contributed by atoms with Gasteiger partial charge >= 0.3 is 0 Å². The molecule has 3 aromatic rings. The normalized spacial score (nSPS) is 11.0. The Balaban J connectivity index is 2.19. The molecule has 3 rings (SSSR count). The third-order valence-electron chi connectivity index (χ3n) is 3.89. The summed E-state index contributed by atoms with van der Waals surface area (Å²) < 4.78 is 12.2. The van der Waals surface area contributed by atoms with E-state index < -0.39 is 11.5 Å². The van der Waals surface area contributed by atoms with Crippen LogP contribution in [-0.4, -0.2) is 29.4 Å². The number of ether oxygens (including phenoxy) is 2. The molecule has 0 saturated carbocycles. The van der Waals surface area contributed by atoms with Crippen molar-refractivity contribution in [1.82, 2.24) is 14.7 Å². The molecule has 0 radical (unpaired) electrons. The highest BCUT2D eigenvalue weighted by molar-refractivity contribution is 6.01. The number of pyridine rings is 1. The van der Waals surface area contributed by atoms with Crippen LogP contribution in [0.5, 0.6) is 17.4 Å². The van der Waals surface area contributed by atoms with Crippen molar-refractivity contribution in [3.8, 4) is 23.4 Å². The van der Waals surface area contributed by atoms with E-state index in [1.807, 2.05) is 0 Å². The number of carbonyl (C=O) groups is 1. The summed E-state index contributed by atoms with van der Waals surface area (Å²) in [4.78, 5) is 29.2. The number of benzene rings is 1. The molecule has 0 unspecified atom stereocenters. The van der Waals surface area contributed by atoms with Gasteiger partial charge in [0.15, 0.2) is 0 Å². The predicted molar refractivity (Wildman–Crippen MR) is 102 cm³/mol. The van der Waals surface area contributed by atoms with Crippen molar-refractivity contribution in [3.63, 3.8) is 0 Å². The first-order valence-corrected chi connectivity index (χ1v) is 8.24. The van der Waals surface area contributed by atoms with Gasteiger partial charge in [0, 0.05) is 13.2 Å². The number of amides is 1. The van der Waals surface area contributed by atoms with E-state index in [4.69, 9.17) is 9.47 Å². The zero-order chi connectivity index (χ0) is 20.1. The lowest BCUT2D eigenvalue weighted by Gasteiger charge is -2.10. The lowest BCUT2D eigenvalue weighted by atomic mass is 10.1. The number of hydrogen-bond acceptors (Lipinski definition) is 6. The van der Waals surface area contributed by atoms with Crippen LogP contribution in [0.4, 0.5) is 0 Å². The second-order valence-electron chi connectivity index (χ2n) is 5.59. The van der Waals surface area contributed by atoms with Crippen LogP contribution < -0.4 is 20.3 Å². The molecule has 28 heavy (non-hydrogen) atoms. The molecule has 0 fully saturated rings. The summed E-state index contributed by atoms with van der Waals surface area (Å²) >= 11 is 0. The summed E-state index contributed by atoms with van der Waals surface area (Å²) in [5.41, 5.74) is -0.353. The largest absolute Gasteiger partial charge is 0.497 e. The molecule has 2 aromatic heterocycles. The van der Waals surface area contributed by atoms with Crippen molar-refractivity contribution in [2.45, 2.75) is 0 Å². The maximum Gasteiger partial charge on any atom is 0.269 e. The number of nitrogens with zero attached hydrogens (tertiary/aromatic N) is 3. The van der Waals surface area contributed by atoms with Gasteiger partial charge in [0.1, 0.15) is 34.4 Å². The Hall–Kier alpha value is -4.12. The van der Waals surface area contributed by atoms with Crippen molar-refractivity contribution < 1.29 is 14.3 Å². The van der Waals surface area contributed by atoms with Gasteiger partial charge in [-0.05, 0) is 42.5 Å². The van der Waals surface area contributed by atoms with Gasteiger partial charge in [0.05, 0.1) is 7.11 Å². The highest BCUT2D eigenvalue weighted by atomic mass is 16.5. The van der Waals surface area contributed by atoms with Gasteiger partial charge in [0.2, 0.25) is 5.88 Å². The molecule has 140 valence electrons. The van der Waals surface area contributed by atoms with Crippen molar-refractivity contribution in [1.29, 1.82) is 5.26 Å². The smallest absolute Gasteiger partial charge is 0.269 e. The molecule has 1 aromatic carbocycles. The SMILES string of the molecule is CNC(=O)/C(C#N)=C/c1c(Oc2ccc(OC)cc2)nc2ccccn2c1=O. The molecule has 0 aliphatic rings. The Morgan fingerprint density at radius 1 is 1.21 bits per heavy atom. The Labute approximate surface area is 160 Å². The monoisotopic (exact) mass is 376 g/mol. The maximum absolute atomic E-state index is 12.9. The molecular weight excluding hydrogens is 360 g/mol. The number of nitrogens with one attached hydrogen (secondary N) is 1. The third kappa shape index (κ3) is 3.68. The molecule has 8 heteroatoms. The number of nitriles is 1. The number of likely N-dealkylation sites (N-methyl/N-ethyl adjacent to an activating group) is 1. The fourth-order valence-corrected chi connectivity index (χ4v) is 2.47. The Bertz CT molecular complexity index is 1160. The number of fused-ring (bicyclic) bond motifs is 1. The van der Waals surface area contributed by atoms with Crippen molar-refractivity contribution in [2.75, 3.05) is 14.2 Å². The van der Waals surface area contributed by atoms with Crippen LogP contribution in [0.15, 0.2) is 59.0 Å². The number of aromatic nitrogens is 2. The summed E-state index contributed by atoms with van der Waals surface area (Å²) in [6.45, 7) is 0. The number of rotatable bonds is 5. The molecule has 2 heterocycles. The lowest BCUT2D eigenvalue weighted by Crippen LogP contribution is -2.22. The lowest BCUT2D eigenvalue weighted by molar-refractivity contribution is -0.116. The van der Waals surface area contributed by atoms with Crippen molar-refractivity contribution in [2.24, 2.45) is 0 Å². The minimum atomic E-state index is -0.615. The first-order valence-electron chi connectivity index (χ1n) is 8.24. The highest BCUT2D eigenvalue weighted by Crippen LogP contribution is 2.25. The fraction of sp³-hybridized carbons (Fsp3) is 0.100. The second kappa shape index (κ2) is 8.05. The molecule has 1 amide bonds. The van der Waals surface area contributed by atoms with Gasteiger partial charge in [-0.3, -0.25) is 14.0 Å². The van der Waals surface area contributed by atoms with Gasteiger partial charge < -0.3 is 14.8 Å². The van der Waals surface area contributed by atoms with Crippen LogP contribution in [0.3, 0.4) is 0 Å². The van der Waals surface area contributed by atoms with Crippen LogP contribution >= 0.6 is 0 Å². The first kappa shape index (κ1) is 18.7. The number of methoxy groups -OCH3 is 1.